The number of hydrogen-bond donors (Lipinski definition) is 0. The van der Waals surface area contributed by atoms with E-state index in [9.17, 15) is 0 Å². The van der Waals surface area contributed by atoms with E-state index in [0.717, 1.165) is 18.8 Å². The van der Waals surface area contributed by atoms with Crippen molar-refractivity contribution in [1.29, 1.82) is 0 Å². The fourth-order valence-corrected chi connectivity index (χ4v) is 0.541. The predicted octanol–water partition coefficient (Wildman–Crippen LogP) is 2.37. The fourth-order valence-electron chi connectivity index (χ4n) is 0.541. The number of hydrogen-bond acceptors (Lipinski definition) is 2. The molecule has 0 N–H and O–H groups in total. The van der Waals surface area contributed by atoms with Gasteiger partial charge in [0.2, 0.25) is 0 Å². The summed E-state index contributed by atoms with van der Waals surface area (Å²) in [7, 11) is 6.21. The molecule has 0 radical (unpaired) electrons. The van der Waals surface area contributed by atoms with E-state index in [1.54, 1.807) is 12.2 Å². The summed E-state index contributed by atoms with van der Waals surface area (Å²) in [6, 6.07) is 0. The van der Waals surface area contributed by atoms with E-state index >= 15 is 0 Å². The second kappa shape index (κ2) is 10.1. The van der Waals surface area contributed by atoms with Gasteiger partial charge in [0.15, 0.2) is 0 Å². The van der Waals surface area contributed by atoms with Gasteiger partial charge in [-0.15, -0.1) is 0 Å². The van der Waals surface area contributed by atoms with Crippen molar-refractivity contribution in [2.45, 2.75) is 6.92 Å². The molecule has 0 aliphatic heterocycles. The largest absolute Gasteiger partial charge is 0.377 e. The maximum Gasteiger partial charge on any atom is 0.0299 e. The van der Waals surface area contributed by atoms with Crippen molar-refractivity contribution < 1.29 is 0 Å². The van der Waals surface area contributed by atoms with E-state index in [2.05, 4.69) is 50.7 Å². The minimum absolute atomic E-state index is 1.06. The van der Waals surface area contributed by atoms with E-state index in [0.29, 0.717) is 0 Å². The quantitative estimate of drug-likeness (QED) is 0.623. The lowest BCUT2D eigenvalue weighted by atomic mass is 10.4. The Morgan fingerprint density at radius 2 is 1.50 bits per heavy atom. The predicted molar refractivity (Wildman–Crippen MR) is 66.4 cm³/mol. The first-order valence-corrected chi connectivity index (χ1v) is 4.70. The van der Waals surface area contributed by atoms with Gasteiger partial charge in [-0.1, -0.05) is 31.9 Å². The first-order valence-electron chi connectivity index (χ1n) is 4.70. The molecule has 0 spiro atoms. The van der Waals surface area contributed by atoms with Crippen molar-refractivity contribution in [3.8, 4) is 0 Å². The molecule has 0 saturated heterocycles. The van der Waals surface area contributed by atoms with Gasteiger partial charge < -0.3 is 9.80 Å². The van der Waals surface area contributed by atoms with Crippen LogP contribution >= 0.6 is 0 Å². The van der Waals surface area contributed by atoms with E-state index in [4.69, 9.17) is 0 Å². The normalized spacial score (nSPS) is 8.64. The molecular formula is C12H24N2. The van der Waals surface area contributed by atoms with Gasteiger partial charge in [0.25, 0.3) is 0 Å². The van der Waals surface area contributed by atoms with Crippen LogP contribution in [0.1, 0.15) is 6.92 Å². The van der Waals surface area contributed by atoms with Crippen LogP contribution in [0.2, 0.25) is 0 Å². The molecule has 0 fully saturated rings. The number of allylic oxidation sites excluding steroid dienone is 3. The van der Waals surface area contributed by atoms with Crippen LogP contribution in [0.3, 0.4) is 0 Å². The SMILES string of the molecule is C=C(C)N(C)CCN(C)C.C=CC=C. The molecule has 0 rings (SSSR count). The molecule has 0 saturated carbocycles. The Balaban J connectivity index is 0. The molecular weight excluding hydrogens is 172 g/mol. The maximum atomic E-state index is 3.84. The maximum absolute atomic E-state index is 3.84. The Morgan fingerprint density at radius 3 is 1.71 bits per heavy atom. The second-order valence-electron chi connectivity index (χ2n) is 3.43. The number of nitrogens with zero attached hydrogens (tertiary/aromatic N) is 2. The average Bonchev–Trinajstić information content (AvgIpc) is 2.14. The molecule has 0 aliphatic carbocycles. The lowest BCUT2D eigenvalue weighted by Gasteiger charge is -2.20. The third-order valence-electron chi connectivity index (χ3n) is 1.70. The van der Waals surface area contributed by atoms with Crippen LogP contribution in [-0.4, -0.2) is 44.0 Å². The molecule has 0 aromatic heterocycles. The Morgan fingerprint density at radius 1 is 1.07 bits per heavy atom. The number of rotatable bonds is 5. The summed E-state index contributed by atoms with van der Waals surface area (Å²) in [4.78, 5) is 4.32. The van der Waals surface area contributed by atoms with Crippen molar-refractivity contribution in [3.63, 3.8) is 0 Å². The van der Waals surface area contributed by atoms with Crippen LogP contribution in [0.25, 0.3) is 0 Å². The standard InChI is InChI=1S/C8H18N2.C4H6/c1-8(2)10(5)7-6-9(3)4;1-3-4-2/h1,6-7H2,2-5H3;3-4H,1-2H2. The highest BCUT2D eigenvalue weighted by molar-refractivity contribution is 4.88. The van der Waals surface area contributed by atoms with Crippen molar-refractivity contribution in [2.75, 3.05) is 34.2 Å². The van der Waals surface area contributed by atoms with Gasteiger partial charge in [0, 0.05) is 25.8 Å². The van der Waals surface area contributed by atoms with E-state index in [1.807, 2.05) is 6.92 Å². The molecule has 0 unspecified atom stereocenters. The zero-order valence-electron chi connectivity index (χ0n) is 10.1. The first-order chi connectivity index (χ1) is 6.45. The summed E-state index contributed by atoms with van der Waals surface area (Å²) in [6.45, 7) is 14.7. The summed E-state index contributed by atoms with van der Waals surface area (Å²) in [5, 5.41) is 0. The van der Waals surface area contributed by atoms with Gasteiger partial charge in [-0.3, -0.25) is 0 Å². The molecule has 2 nitrogen and oxygen atoms in total. The topological polar surface area (TPSA) is 6.48 Å². The van der Waals surface area contributed by atoms with Crippen molar-refractivity contribution in [3.05, 3.63) is 37.6 Å². The third-order valence-corrected chi connectivity index (χ3v) is 1.70. The summed E-state index contributed by atoms with van der Waals surface area (Å²) < 4.78 is 0. The average molecular weight is 196 g/mol. The molecule has 0 aromatic rings. The van der Waals surface area contributed by atoms with Gasteiger partial charge >= 0.3 is 0 Å². The summed E-state index contributed by atoms with van der Waals surface area (Å²) in [6.07, 6.45) is 3.28. The van der Waals surface area contributed by atoms with Crippen molar-refractivity contribution in [2.24, 2.45) is 0 Å². The molecule has 0 bridgehead atoms. The van der Waals surface area contributed by atoms with Crippen LogP contribution in [0.4, 0.5) is 0 Å². The van der Waals surface area contributed by atoms with Crippen LogP contribution in [0.5, 0.6) is 0 Å². The molecule has 0 atom stereocenters. The van der Waals surface area contributed by atoms with Crippen LogP contribution in [-0.2, 0) is 0 Å². The Kier molecular flexibility index (Phi) is 11.1. The monoisotopic (exact) mass is 196 g/mol. The van der Waals surface area contributed by atoms with Gasteiger partial charge in [-0.05, 0) is 21.0 Å². The van der Waals surface area contributed by atoms with Crippen LogP contribution in [0.15, 0.2) is 37.6 Å². The smallest absolute Gasteiger partial charge is 0.0299 e. The van der Waals surface area contributed by atoms with E-state index in [-0.39, 0.29) is 0 Å². The summed E-state index contributed by atoms with van der Waals surface area (Å²) in [5.74, 6) is 0. The van der Waals surface area contributed by atoms with Gasteiger partial charge in [-0.2, -0.15) is 0 Å². The Labute approximate surface area is 89.2 Å². The zero-order chi connectivity index (χ0) is 11.6. The lowest BCUT2D eigenvalue weighted by molar-refractivity contribution is 0.327. The van der Waals surface area contributed by atoms with Crippen LogP contribution in [0, 0.1) is 0 Å². The lowest BCUT2D eigenvalue weighted by Crippen LogP contribution is -2.27. The molecule has 14 heavy (non-hydrogen) atoms. The van der Waals surface area contributed by atoms with Gasteiger partial charge in [0.1, 0.15) is 0 Å². The summed E-state index contributed by atoms with van der Waals surface area (Å²) >= 11 is 0. The molecule has 82 valence electrons. The minimum Gasteiger partial charge on any atom is -0.377 e. The Hall–Kier alpha value is -1.02. The zero-order valence-corrected chi connectivity index (χ0v) is 10.1. The van der Waals surface area contributed by atoms with Gasteiger partial charge in [-0.25, -0.2) is 0 Å². The molecule has 2 heteroatoms. The van der Waals surface area contributed by atoms with Crippen LogP contribution < -0.4 is 0 Å². The molecule has 0 amide bonds. The highest BCUT2D eigenvalue weighted by Crippen LogP contribution is 1.94. The molecule has 0 heterocycles. The first kappa shape index (κ1) is 15.5. The fraction of sp³-hybridized carbons (Fsp3) is 0.500. The summed E-state index contributed by atoms with van der Waals surface area (Å²) in [5.41, 5.74) is 1.13. The minimum atomic E-state index is 1.06. The molecule has 0 aromatic carbocycles. The highest BCUT2D eigenvalue weighted by Gasteiger charge is 1.95. The van der Waals surface area contributed by atoms with E-state index in [1.165, 1.54) is 0 Å². The van der Waals surface area contributed by atoms with Crippen molar-refractivity contribution in [1.82, 2.24) is 9.80 Å². The molecule has 0 aliphatic rings. The number of likely N-dealkylation sites (N-methyl/N-ethyl adjacent to an activating group) is 2. The van der Waals surface area contributed by atoms with E-state index < -0.39 is 0 Å². The van der Waals surface area contributed by atoms with Crippen molar-refractivity contribution >= 4 is 0 Å². The Bertz CT molecular complexity index is 165. The third kappa shape index (κ3) is 13.6. The second-order valence-corrected chi connectivity index (χ2v) is 3.43. The van der Waals surface area contributed by atoms with Gasteiger partial charge in [0.05, 0.1) is 0 Å². The highest BCUT2D eigenvalue weighted by atomic mass is 15.1.